The third kappa shape index (κ3) is 11.2. The number of hydrogen-bond donors (Lipinski definition) is 1. The Morgan fingerprint density at radius 1 is 0.554 bits per heavy atom. The van der Waals surface area contributed by atoms with Crippen LogP contribution in [0.5, 0.6) is 11.5 Å². The van der Waals surface area contributed by atoms with Crippen LogP contribution in [0.15, 0.2) is 206 Å². The summed E-state index contributed by atoms with van der Waals surface area (Å²) in [6.45, 7) is 22.7. The van der Waals surface area contributed by atoms with Crippen molar-refractivity contribution >= 4 is 34.3 Å². The van der Waals surface area contributed by atoms with Gasteiger partial charge in [0.15, 0.2) is 0 Å². The molecule has 2 heterocycles. The van der Waals surface area contributed by atoms with Crippen LogP contribution < -0.4 is 19.9 Å². The number of hydrogen-bond acceptors (Lipinski definition) is 5. The van der Waals surface area contributed by atoms with E-state index in [2.05, 4.69) is 237 Å². The van der Waals surface area contributed by atoms with Crippen molar-refractivity contribution in [1.82, 2.24) is 4.98 Å². The van der Waals surface area contributed by atoms with Crippen molar-refractivity contribution < 1.29 is 29.9 Å². The molecule has 83 heavy (non-hydrogen) atoms. The Morgan fingerprint density at radius 3 is 1.81 bits per heavy atom. The number of para-hydroxylation sites is 3. The van der Waals surface area contributed by atoms with Gasteiger partial charge in [-0.1, -0.05) is 209 Å². The van der Waals surface area contributed by atoms with Gasteiger partial charge in [-0.25, -0.2) is 4.98 Å². The molecule has 2 aliphatic rings. The molecule has 420 valence electrons. The first-order valence-corrected chi connectivity index (χ1v) is 28.7. The van der Waals surface area contributed by atoms with Gasteiger partial charge in [0.1, 0.15) is 5.82 Å². The van der Waals surface area contributed by atoms with Crippen LogP contribution in [0.2, 0.25) is 0 Å². The molecule has 0 radical (unpaired) electrons. The van der Waals surface area contributed by atoms with Gasteiger partial charge in [0.05, 0.1) is 0 Å². The first-order valence-electron chi connectivity index (χ1n) is 30.2. The third-order valence-corrected chi connectivity index (χ3v) is 16.7. The maximum absolute atomic E-state index is 8.87. The number of rotatable bonds is 11. The predicted octanol–water partition coefficient (Wildman–Crippen LogP) is 21.2. The van der Waals surface area contributed by atoms with Crippen molar-refractivity contribution in [2.75, 3.05) is 15.1 Å². The number of ether oxygens (including phenoxy) is 1. The van der Waals surface area contributed by atoms with E-state index in [1.807, 2.05) is 60.7 Å². The number of aryl methyl sites for hydroxylation is 1. The van der Waals surface area contributed by atoms with Crippen LogP contribution >= 0.6 is 0 Å². The summed E-state index contributed by atoms with van der Waals surface area (Å²) in [5.41, 5.74) is 19.7. The Labute approximate surface area is 512 Å². The monoisotopic (exact) mass is 1270 g/mol. The Morgan fingerprint density at radius 2 is 1.14 bits per heavy atom. The maximum atomic E-state index is 8.87. The number of nitrogens with one attached hydrogen (secondary N) is 1. The van der Waals surface area contributed by atoms with Gasteiger partial charge in [-0.05, 0) is 127 Å². The minimum absolute atomic E-state index is 0. The first-order chi connectivity index (χ1) is 40.5. The van der Waals surface area contributed by atoms with Crippen molar-refractivity contribution in [3.05, 3.63) is 253 Å². The molecule has 0 bridgehead atoms. The minimum atomic E-state index is -2.41. The Kier molecular flexibility index (Phi) is 14.3. The summed E-state index contributed by atoms with van der Waals surface area (Å²) < 4.78 is 33.2. The SMILES string of the molecule is [2H]C([2H])([2H])c1cc(Nc2cccc(-c3ccccc3)c2-c2c[c-]c(Oc3[c-]c(N4[CH-]N(c5c(-c6ccccc6)cccc5-c5cc(C(C)(C)C)cc(C(C)(C)C)c5)c5ccccc54)ccc3)cc2)ncc1-c1cccc2c1C(C)(C)CCC2(C)C.[Pt]. The molecule has 12 rings (SSSR count). The maximum Gasteiger partial charge on any atom is 0.130 e. The van der Waals surface area contributed by atoms with Gasteiger partial charge in [0.2, 0.25) is 0 Å². The van der Waals surface area contributed by atoms with Gasteiger partial charge >= 0.3 is 0 Å². The number of nitrogens with zero attached hydrogens (tertiary/aromatic N) is 3. The van der Waals surface area contributed by atoms with E-state index in [-0.39, 0.29) is 48.3 Å². The smallest absolute Gasteiger partial charge is 0.130 e. The van der Waals surface area contributed by atoms with Crippen molar-refractivity contribution in [1.29, 1.82) is 0 Å². The van der Waals surface area contributed by atoms with E-state index in [0.717, 1.165) is 85.8 Å². The number of pyridine rings is 1. The molecule has 0 amide bonds. The van der Waals surface area contributed by atoms with Gasteiger partial charge in [0, 0.05) is 82.3 Å². The standard InChI is InChI=1S/C77H73N4O.Pt/c1-51-44-70(78-49-65(51)64-33-22-34-66-72(64)77(10,11)43-42-76(66,8)9)79-67-35-23-30-61(52-24-14-12-15-25-52)71(67)54-38-40-59(41-39-54)82-60-29-20-28-58(48-60)80-50-81(69-37-19-18-36-68(69)80)73-62(53-26-16-13-17-27-53)31-21-32-63(73)55-45-56(74(2,3)4)47-57(46-55)75(5,6)7;/h12-40,44-47,49-50H,42-43H2,1-11H3,(H,78,79);/q-3;/i1D3;. The number of aromatic nitrogens is 1. The average molecular weight is 1270 g/mol. The van der Waals surface area contributed by atoms with E-state index < -0.39 is 6.85 Å². The molecule has 1 aliphatic heterocycles. The summed E-state index contributed by atoms with van der Waals surface area (Å²) in [4.78, 5) is 9.51. The molecular formula is C77H73N4OPt-3. The molecule has 0 spiro atoms. The molecule has 6 heteroatoms. The quantitative estimate of drug-likeness (QED) is 0.131. The second kappa shape index (κ2) is 22.3. The number of benzene rings is 9. The molecule has 0 atom stereocenters. The van der Waals surface area contributed by atoms with Gasteiger partial charge < -0.3 is 19.9 Å². The number of fused-ring (bicyclic) bond motifs is 2. The van der Waals surface area contributed by atoms with E-state index in [9.17, 15) is 0 Å². The second-order valence-corrected chi connectivity index (χ2v) is 25.5. The van der Waals surface area contributed by atoms with Crippen molar-refractivity contribution in [3.8, 4) is 67.1 Å². The van der Waals surface area contributed by atoms with Crippen LogP contribution in [-0.4, -0.2) is 4.98 Å². The first kappa shape index (κ1) is 53.1. The summed E-state index contributed by atoms with van der Waals surface area (Å²) in [5.74, 6) is 1.51. The minimum Gasteiger partial charge on any atom is -0.509 e. The summed E-state index contributed by atoms with van der Waals surface area (Å²) in [6.07, 6.45) is 3.81. The fourth-order valence-electron chi connectivity index (χ4n) is 12.1. The molecule has 0 saturated heterocycles. The van der Waals surface area contributed by atoms with E-state index >= 15 is 0 Å². The Balaban J connectivity index is 0.00000768. The van der Waals surface area contributed by atoms with Gasteiger partial charge in [-0.2, -0.15) is 18.2 Å². The van der Waals surface area contributed by atoms with Crippen LogP contribution in [0.3, 0.4) is 0 Å². The summed E-state index contributed by atoms with van der Waals surface area (Å²) in [7, 11) is 0. The average Bonchev–Trinajstić information content (AvgIpc) is 1.16. The number of anilines is 6. The molecule has 9 aromatic carbocycles. The third-order valence-electron chi connectivity index (χ3n) is 16.7. The van der Waals surface area contributed by atoms with Gasteiger partial charge in [-0.15, -0.1) is 48.3 Å². The molecule has 0 fully saturated rings. The van der Waals surface area contributed by atoms with E-state index in [1.165, 1.54) is 27.8 Å². The second-order valence-electron chi connectivity index (χ2n) is 25.5. The van der Waals surface area contributed by atoms with Crippen LogP contribution in [0.4, 0.5) is 34.3 Å². The summed E-state index contributed by atoms with van der Waals surface area (Å²) >= 11 is 0. The van der Waals surface area contributed by atoms with E-state index in [4.69, 9.17) is 13.8 Å². The summed E-state index contributed by atoms with van der Waals surface area (Å²) in [6, 6.07) is 76.5. The largest absolute Gasteiger partial charge is 0.509 e. The van der Waals surface area contributed by atoms with Crippen LogP contribution in [0, 0.1) is 25.7 Å². The predicted molar refractivity (Wildman–Crippen MR) is 344 cm³/mol. The molecule has 10 aromatic rings. The molecule has 1 aliphatic carbocycles. The van der Waals surface area contributed by atoms with Crippen molar-refractivity contribution in [3.63, 3.8) is 0 Å². The topological polar surface area (TPSA) is 40.6 Å². The molecular weight excluding hydrogens is 1190 g/mol. The Hall–Kier alpha value is -7.98. The zero-order chi connectivity index (χ0) is 59.6. The fraction of sp³-hybridized carbons (Fsp3) is 0.221. The zero-order valence-electron chi connectivity index (χ0n) is 52.2. The normalized spacial score (nSPS) is 15.0. The van der Waals surface area contributed by atoms with E-state index in [0.29, 0.717) is 22.9 Å². The Bertz CT molecular complexity index is 4090. The molecule has 5 nitrogen and oxygen atoms in total. The van der Waals surface area contributed by atoms with Gasteiger partial charge in [0.25, 0.3) is 0 Å². The molecule has 1 aromatic heterocycles. The van der Waals surface area contributed by atoms with Crippen molar-refractivity contribution in [2.24, 2.45) is 0 Å². The zero-order valence-corrected chi connectivity index (χ0v) is 51.5. The molecule has 1 N–H and O–H groups in total. The molecule has 0 unspecified atom stereocenters. The fourth-order valence-corrected chi connectivity index (χ4v) is 12.1. The molecule has 0 saturated carbocycles. The summed E-state index contributed by atoms with van der Waals surface area (Å²) in [5, 5.41) is 3.59. The van der Waals surface area contributed by atoms with Crippen LogP contribution in [-0.2, 0) is 42.7 Å². The van der Waals surface area contributed by atoms with Gasteiger partial charge in [-0.3, -0.25) is 0 Å². The van der Waals surface area contributed by atoms with Crippen LogP contribution in [0.25, 0.3) is 55.6 Å². The van der Waals surface area contributed by atoms with Crippen molar-refractivity contribution in [2.45, 2.75) is 111 Å². The van der Waals surface area contributed by atoms with E-state index in [1.54, 1.807) is 12.3 Å². The van der Waals surface area contributed by atoms with Crippen LogP contribution in [0.1, 0.15) is 114 Å².